The largest absolute Gasteiger partial charge is 0.502 e. The fourth-order valence-electron chi connectivity index (χ4n) is 3.01. The van der Waals surface area contributed by atoms with Gasteiger partial charge < -0.3 is 19.4 Å². The Labute approximate surface area is 164 Å². The summed E-state index contributed by atoms with van der Waals surface area (Å²) in [6.07, 6.45) is 1.17. The molecule has 0 amide bonds. The normalized spacial score (nSPS) is 12.0. The zero-order valence-electron chi connectivity index (χ0n) is 15.5. The van der Waals surface area contributed by atoms with Crippen LogP contribution in [0, 0.1) is 5.82 Å². The Balaban J connectivity index is 2.15. The van der Waals surface area contributed by atoms with Crippen LogP contribution in [0.3, 0.4) is 0 Å². The Kier molecular flexibility index (Phi) is 6.08. The van der Waals surface area contributed by atoms with E-state index in [1.807, 2.05) is 0 Å². The van der Waals surface area contributed by atoms with E-state index in [1.165, 1.54) is 30.5 Å². The lowest BCUT2D eigenvalue weighted by Gasteiger charge is -2.17. The molecule has 2 heterocycles. The third-order valence-corrected chi connectivity index (χ3v) is 4.33. The number of esters is 1. The summed E-state index contributed by atoms with van der Waals surface area (Å²) in [5.74, 6) is -2.88. The number of rotatable bonds is 7. The minimum atomic E-state index is -0.938. The van der Waals surface area contributed by atoms with Gasteiger partial charge in [0.15, 0.2) is 5.76 Å². The maximum Gasteiger partial charge on any atom is 0.306 e. The van der Waals surface area contributed by atoms with Crippen LogP contribution >= 0.6 is 0 Å². The number of aliphatic hydroxyl groups excluding tert-OH is 1. The number of carbonyl (C=O) groups excluding carboxylic acids is 1. The quantitative estimate of drug-likeness (QED) is 0.518. The van der Waals surface area contributed by atoms with Crippen LogP contribution < -0.4 is 5.43 Å². The smallest absolute Gasteiger partial charge is 0.306 e. The van der Waals surface area contributed by atoms with Gasteiger partial charge in [0.1, 0.15) is 18.2 Å². The SMILES string of the molecule is CCOC(=O)CC(c1cn[nH]c1-c1ccc(F)cc1)c1oc(CO)cc(=O)c1O. The minimum Gasteiger partial charge on any atom is -0.502 e. The van der Waals surface area contributed by atoms with Gasteiger partial charge in [0.05, 0.1) is 30.8 Å². The van der Waals surface area contributed by atoms with Crippen LogP contribution in [0.4, 0.5) is 4.39 Å². The van der Waals surface area contributed by atoms with E-state index in [0.717, 1.165) is 6.07 Å². The number of benzene rings is 1. The van der Waals surface area contributed by atoms with E-state index in [1.54, 1.807) is 6.92 Å². The number of H-pyrrole nitrogens is 1. The highest BCUT2D eigenvalue weighted by Gasteiger charge is 2.30. The zero-order chi connectivity index (χ0) is 21.0. The van der Waals surface area contributed by atoms with Gasteiger partial charge >= 0.3 is 5.97 Å². The average Bonchev–Trinajstić information content (AvgIpc) is 3.18. The van der Waals surface area contributed by atoms with Gasteiger partial charge in [0, 0.05) is 17.2 Å². The molecule has 0 fully saturated rings. The molecule has 1 aromatic carbocycles. The van der Waals surface area contributed by atoms with Crippen LogP contribution in [-0.2, 0) is 16.1 Å². The first-order valence-corrected chi connectivity index (χ1v) is 8.86. The van der Waals surface area contributed by atoms with E-state index in [9.17, 15) is 24.2 Å². The Morgan fingerprint density at radius 2 is 2.07 bits per heavy atom. The number of ether oxygens (including phenoxy) is 1. The molecular formula is C20H19FN2O6. The third-order valence-electron chi connectivity index (χ3n) is 4.33. The van der Waals surface area contributed by atoms with Crippen molar-refractivity contribution >= 4 is 5.97 Å². The fraction of sp³-hybridized carbons (Fsp3) is 0.250. The van der Waals surface area contributed by atoms with Crippen molar-refractivity contribution in [1.82, 2.24) is 10.2 Å². The molecule has 1 unspecified atom stereocenters. The third kappa shape index (κ3) is 4.35. The summed E-state index contributed by atoms with van der Waals surface area (Å²) in [6.45, 7) is 1.23. The molecule has 0 spiro atoms. The average molecular weight is 402 g/mol. The number of nitrogens with one attached hydrogen (secondary N) is 1. The number of aliphatic hydroxyl groups is 1. The van der Waals surface area contributed by atoms with Crippen molar-refractivity contribution in [3.8, 4) is 17.0 Å². The number of aromatic amines is 1. The Morgan fingerprint density at radius 1 is 1.34 bits per heavy atom. The molecule has 0 saturated carbocycles. The van der Waals surface area contributed by atoms with E-state index < -0.39 is 35.5 Å². The van der Waals surface area contributed by atoms with Crippen LogP contribution in [0.2, 0.25) is 0 Å². The minimum absolute atomic E-state index is 0.0662. The molecule has 0 aliphatic heterocycles. The van der Waals surface area contributed by atoms with Crippen LogP contribution in [0.15, 0.2) is 45.7 Å². The molecule has 3 rings (SSSR count). The topological polar surface area (TPSA) is 126 Å². The molecule has 3 aromatic rings. The number of aromatic nitrogens is 2. The Morgan fingerprint density at radius 3 is 2.72 bits per heavy atom. The monoisotopic (exact) mass is 402 g/mol. The van der Waals surface area contributed by atoms with E-state index in [2.05, 4.69) is 10.2 Å². The molecule has 9 heteroatoms. The van der Waals surface area contributed by atoms with Crippen molar-refractivity contribution in [2.45, 2.75) is 25.9 Å². The lowest BCUT2D eigenvalue weighted by atomic mass is 9.90. The number of hydrogen-bond donors (Lipinski definition) is 3. The summed E-state index contributed by atoms with van der Waals surface area (Å²) in [5.41, 5.74) is 0.706. The maximum absolute atomic E-state index is 13.3. The van der Waals surface area contributed by atoms with E-state index in [-0.39, 0.29) is 24.5 Å². The summed E-state index contributed by atoms with van der Waals surface area (Å²) in [4.78, 5) is 24.3. The number of carbonyl (C=O) groups is 1. The van der Waals surface area contributed by atoms with E-state index >= 15 is 0 Å². The molecule has 8 nitrogen and oxygen atoms in total. The van der Waals surface area contributed by atoms with Crippen LogP contribution in [0.5, 0.6) is 5.75 Å². The second kappa shape index (κ2) is 8.70. The highest BCUT2D eigenvalue weighted by Crippen LogP contribution is 2.37. The van der Waals surface area contributed by atoms with E-state index in [4.69, 9.17) is 9.15 Å². The van der Waals surface area contributed by atoms with Crippen LogP contribution in [0.1, 0.15) is 36.3 Å². The predicted molar refractivity (Wildman–Crippen MR) is 99.6 cm³/mol. The molecule has 0 saturated heterocycles. The van der Waals surface area contributed by atoms with Gasteiger partial charge in [-0.1, -0.05) is 0 Å². The summed E-state index contributed by atoms with van der Waals surface area (Å²) >= 11 is 0. The molecular weight excluding hydrogens is 383 g/mol. The number of halogens is 1. The lowest BCUT2D eigenvalue weighted by Crippen LogP contribution is -2.15. The number of hydrogen-bond acceptors (Lipinski definition) is 7. The first kappa shape index (κ1) is 20.3. The Hall–Kier alpha value is -3.46. The van der Waals surface area contributed by atoms with Crippen LogP contribution in [-0.4, -0.2) is 33.0 Å². The molecule has 0 radical (unpaired) electrons. The van der Waals surface area contributed by atoms with Crippen molar-refractivity contribution in [3.05, 3.63) is 69.7 Å². The zero-order valence-corrected chi connectivity index (χ0v) is 15.5. The number of aromatic hydroxyl groups is 1. The lowest BCUT2D eigenvalue weighted by molar-refractivity contribution is -0.143. The summed E-state index contributed by atoms with van der Waals surface area (Å²) in [5, 5.41) is 26.4. The van der Waals surface area contributed by atoms with Crippen molar-refractivity contribution in [2.75, 3.05) is 6.61 Å². The molecule has 2 aromatic heterocycles. The van der Waals surface area contributed by atoms with Gasteiger partial charge in [-0.25, -0.2) is 4.39 Å². The molecule has 0 aliphatic carbocycles. The van der Waals surface area contributed by atoms with Gasteiger partial charge in [-0.05, 0) is 31.2 Å². The van der Waals surface area contributed by atoms with Crippen molar-refractivity contribution in [3.63, 3.8) is 0 Å². The summed E-state index contributed by atoms with van der Waals surface area (Å²) in [6, 6.07) is 6.55. The van der Waals surface area contributed by atoms with Crippen molar-refractivity contribution in [2.24, 2.45) is 0 Å². The Bertz CT molecular complexity index is 1060. The molecule has 1 atom stereocenters. The first-order chi connectivity index (χ1) is 13.9. The van der Waals surface area contributed by atoms with Crippen molar-refractivity contribution < 1.29 is 28.6 Å². The molecule has 3 N–H and O–H groups in total. The molecule has 0 bridgehead atoms. The predicted octanol–water partition coefficient (Wildman–Crippen LogP) is 2.45. The maximum atomic E-state index is 13.3. The second-order valence-corrected chi connectivity index (χ2v) is 6.22. The molecule has 0 aliphatic rings. The highest BCUT2D eigenvalue weighted by molar-refractivity contribution is 5.73. The highest BCUT2D eigenvalue weighted by atomic mass is 19.1. The van der Waals surface area contributed by atoms with Gasteiger partial charge in [-0.2, -0.15) is 5.10 Å². The van der Waals surface area contributed by atoms with Gasteiger partial charge in [0.2, 0.25) is 11.2 Å². The van der Waals surface area contributed by atoms with Crippen LogP contribution in [0.25, 0.3) is 11.3 Å². The summed E-state index contributed by atoms with van der Waals surface area (Å²) < 4.78 is 23.8. The van der Waals surface area contributed by atoms with E-state index in [0.29, 0.717) is 16.8 Å². The number of nitrogens with zero attached hydrogens (tertiary/aromatic N) is 1. The van der Waals surface area contributed by atoms with Gasteiger partial charge in [-0.15, -0.1) is 0 Å². The summed E-state index contributed by atoms with van der Waals surface area (Å²) in [7, 11) is 0. The molecule has 152 valence electrons. The second-order valence-electron chi connectivity index (χ2n) is 6.22. The standard InChI is InChI=1S/C20H19FN2O6/c1-2-28-17(26)8-14(20-19(27)16(25)7-13(10-24)29-20)15-9-22-23-18(15)11-3-5-12(21)6-4-11/h3-7,9,14,24,27H,2,8,10H2,1H3,(H,22,23). The van der Waals surface area contributed by atoms with Gasteiger partial charge in [-0.3, -0.25) is 14.7 Å². The first-order valence-electron chi connectivity index (χ1n) is 8.86. The van der Waals surface area contributed by atoms with Gasteiger partial charge in [0.25, 0.3) is 0 Å². The molecule has 29 heavy (non-hydrogen) atoms. The fourth-order valence-corrected chi connectivity index (χ4v) is 3.01. The van der Waals surface area contributed by atoms with Crippen molar-refractivity contribution in [1.29, 1.82) is 0 Å².